The maximum atomic E-state index is 5.89. The lowest BCUT2D eigenvalue weighted by Crippen LogP contribution is -1.94. The van der Waals surface area contributed by atoms with Gasteiger partial charge in [0.25, 0.3) is 0 Å². The van der Waals surface area contributed by atoms with Gasteiger partial charge in [0.2, 0.25) is 0 Å². The van der Waals surface area contributed by atoms with Crippen LogP contribution in [-0.2, 0) is 6.42 Å². The van der Waals surface area contributed by atoms with E-state index in [1.807, 2.05) is 6.92 Å². The second kappa shape index (κ2) is 5.23. The van der Waals surface area contributed by atoms with E-state index in [2.05, 4.69) is 19.9 Å². The van der Waals surface area contributed by atoms with Crippen molar-refractivity contribution in [1.29, 1.82) is 0 Å². The third-order valence-electron chi connectivity index (χ3n) is 1.78. The van der Waals surface area contributed by atoms with Crippen molar-refractivity contribution in [2.24, 2.45) is 0 Å². The van der Waals surface area contributed by atoms with Crippen LogP contribution >= 0.6 is 23.4 Å². The van der Waals surface area contributed by atoms with Crippen molar-refractivity contribution < 1.29 is 0 Å². The average molecular weight is 253 g/mol. The minimum atomic E-state index is 0.457. The predicted octanol–water partition coefficient (Wildman–Crippen LogP) is 2.63. The Labute approximate surface area is 103 Å². The largest absolute Gasteiger partial charge is 0.260 e. The highest BCUT2D eigenvalue weighted by Crippen LogP contribution is 2.24. The first-order valence-corrected chi connectivity index (χ1v) is 5.94. The molecule has 0 N–H and O–H groups in total. The van der Waals surface area contributed by atoms with Crippen molar-refractivity contribution in [3.8, 4) is 0 Å². The Bertz CT molecular complexity index is 478. The first kappa shape index (κ1) is 11.3. The molecule has 0 amide bonds. The molecule has 0 radical (unpaired) electrons. The smallest absolute Gasteiger partial charge is 0.133 e. The Morgan fingerprint density at radius 1 is 1.25 bits per heavy atom. The van der Waals surface area contributed by atoms with Gasteiger partial charge in [0.15, 0.2) is 0 Å². The van der Waals surface area contributed by atoms with E-state index >= 15 is 0 Å². The lowest BCUT2D eigenvalue weighted by molar-refractivity contribution is 0.887. The molecule has 0 aliphatic heterocycles. The summed E-state index contributed by atoms with van der Waals surface area (Å²) < 4.78 is 0. The Balaban J connectivity index is 2.24. The molecule has 82 valence electrons. The zero-order chi connectivity index (χ0) is 11.4. The van der Waals surface area contributed by atoms with Crippen molar-refractivity contribution in [2.75, 3.05) is 0 Å². The Morgan fingerprint density at radius 3 is 2.81 bits per heavy atom. The predicted molar refractivity (Wildman–Crippen MR) is 62.6 cm³/mol. The van der Waals surface area contributed by atoms with E-state index in [0.717, 1.165) is 22.3 Å². The molecular weight excluding hydrogens is 244 g/mol. The number of hydrogen-bond acceptors (Lipinski definition) is 5. The number of aromatic nitrogens is 4. The van der Waals surface area contributed by atoms with Crippen LogP contribution in [0.1, 0.15) is 12.7 Å². The van der Waals surface area contributed by atoms with Gasteiger partial charge >= 0.3 is 0 Å². The van der Waals surface area contributed by atoms with Crippen LogP contribution in [-0.4, -0.2) is 19.9 Å². The van der Waals surface area contributed by atoms with Crippen LogP contribution in [0.2, 0.25) is 5.15 Å². The molecule has 2 aromatic heterocycles. The molecule has 0 fully saturated rings. The van der Waals surface area contributed by atoms with E-state index < -0.39 is 0 Å². The van der Waals surface area contributed by atoms with Gasteiger partial charge in [-0.2, -0.15) is 0 Å². The summed E-state index contributed by atoms with van der Waals surface area (Å²) in [7, 11) is 0. The second-order valence-corrected chi connectivity index (χ2v) is 4.37. The summed E-state index contributed by atoms with van der Waals surface area (Å²) in [5.74, 6) is 0.735. The summed E-state index contributed by atoms with van der Waals surface area (Å²) in [4.78, 5) is 16.6. The molecule has 4 nitrogen and oxygen atoms in total. The first-order valence-electron chi connectivity index (χ1n) is 4.75. The summed E-state index contributed by atoms with van der Waals surface area (Å²) in [5, 5.41) is 2.04. The van der Waals surface area contributed by atoms with E-state index in [1.165, 1.54) is 11.8 Å². The zero-order valence-electron chi connectivity index (χ0n) is 8.59. The van der Waals surface area contributed by atoms with Crippen molar-refractivity contribution in [1.82, 2.24) is 19.9 Å². The monoisotopic (exact) mass is 252 g/mol. The van der Waals surface area contributed by atoms with Crippen LogP contribution in [0.4, 0.5) is 0 Å². The van der Waals surface area contributed by atoms with Crippen molar-refractivity contribution >= 4 is 23.4 Å². The zero-order valence-corrected chi connectivity index (χ0v) is 10.2. The molecule has 0 bridgehead atoms. The van der Waals surface area contributed by atoms with Gasteiger partial charge in [-0.25, -0.2) is 15.0 Å². The molecule has 0 aliphatic rings. The summed E-state index contributed by atoms with van der Waals surface area (Å²) in [6, 6.07) is 1.72. The quantitative estimate of drug-likeness (QED) is 0.786. The molecule has 0 unspecified atom stereocenters. The van der Waals surface area contributed by atoms with Crippen molar-refractivity contribution in [2.45, 2.75) is 23.4 Å². The van der Waals surface area contributed by atoms with Crippen molar-refractivity contribution in [3.63, 3.8) is 0 Å². The van der Waals surface area contributed by atoms with Crippen LogP contribution in [0.25, 0.3) is 0 Å². The Morgan fingerprint density at radius 2 is 2.12 bits per heavy atom. The van der Waals surface area contributed by atoms with Crippen LogP contribution in [0.3, 0.4) is 0 Å². The van der Waals surface area contributed by atoms with E-state index in [1.54, 1.807) is 24.7 Å². The standard InChI is InChI=1S/C10H9ClN4S/c1-2-8-14-7(11)5-9(15-8)16-10-6-12-3-4-13-10/h3-6H,2H2,1H3. The average Bonchev–Trinajstić information content (AvgIpc) is 2.29. The van der Waals surface area contributed by atoms with Crippen LogP contribution in [0, 0.1) is 0 Å². The van der Waals surface area contributed by atoms with Crippen LogP contribution in [0.15, 0.2) is 34.7 Å². The molecule has 0 spiro atoms. The fraction of sp³-hybridized carbons (Fsp3) is 0.200. The highest BCUT2D eigenvalue weighted by atomic mass is 35.5. The van der Waals surface area contributed by atoms with Gasteiger partial charge in [-0.3, -0.25) is 4.98 Å². The van der Waals surface area contributed by atoms with Crippen LogP contribution < -0.4 is 0 Å². The topological polar surface area (TPSA) is 51.6 Å². The third kappa shape index (κ3) is 2.90. The summed E-state index contributed by atoms with van der Waals surface area (Å²) in [5.41, 5.74) is 0. The molecule has 0 saturated heterocycles. The van der Waals surface area contributed by atoms with E-state index in [-0.39, 0.29) is 0 Å². The minimum absolute atomic E-state index is 0.457. The number of rotatable bonds is 3. The molecule has 6 heteroatoms. The number of aryl methyl sites for hydroxylation is 1. The SMILES string of the molecule is CCc1nc(Cl)cc(Sc2cnccn2)n1. The van der Waals surface area contributed by atoms with Crippen molar-refractivity contribution in [3.05, 3.63) is 35.6 Å². The second-order valence-electron chi connectivity index (χ2n) is 2.94. The first-order chi connectivity index (χ1) is 7.78. The van der Waals surface area contributed by atoms with Gasteiger partial charge in [-0.1, -0.05) is 18.5 Å². The third-order valence-corrected chi connectivity index (χ3v) is 2.81. The van der Waals surface area contributed by atoms with Gasteiger partial charge in [0.1, 0.15) is 21.0 Å². The normalized spacial score (nSPS) is 10.4. The lowest BCUT2D eigenvalue weighted by Gasteiger charge is -2.02. The maximum Gasteiger partial charge on any atom is 0.133 e. The number of nitrogens with zero attached hydrogens (tertiary/aromatic N) is 4. The van der Waals surface area contributed by atoms with Gasteiger partial charge in [-0.05, 0) is 11.8 Å². The fourth-order valence-electron chi connectivity index (χ4n) is 1.10. The summed E-state index contributed by atoms with van der Waals surface area (Å²) >= 11 is 7.32. The lowest BCUT2D eigenvalue weighted by atomic mass is 10.4. The molecule has 0 atom stereocenters. The van der Waals surface area contributed by atoms with Crippen LogP contribution in [0.5, 0.6) is 0 Å². The van der Waals surface area contributed by atoms with Gasteiger partial charge < -0.3 is 0 Å². The molecule has 2 rings (SSSR count). The fourth-order valence-corrected chi connectivity index (χ4v) is 2.13. The molecule has 2 aromatic rings. The molecule has 0 saturated carbocycles. The minimum Gasteiger partial charge on any atom is -0.260 e. The number of halogens is 1. The summed E-state index contributed by atoms with van der Waals surface area (Å²) in [6.07, 6.45) is 5.72. The summed E-state index contributed by atoms with van der Waals surface area (Å²) in [6.45, 7) is 1.99. The Hall–Kier alpha value is -1.20. The molecule has 0 aromatic carbocycles. The van der Waals surface area contributed by atoms with Gasteiger partial charge in [0, 0.05) is 24.9 Å². The highest BCUT2D eigenvalue weighted by molar-refractivity contribution is 7.99. The Kier molecular flexibility index (Phi) is 3.69. The van der Waals surface area contributed by atoms with Gasteiger partial charge in [-0.15, -0.1) is 0 Å². The maximum absolute atomic E-state index is 5.89. The molecule has 16 heavy (non-hydrogen) atoms. The molecular formula is C10H9ClN4S. The number of hydrogen-bond donors (Lipinski definition) is 0. The molecule has 0 aliphatic carbocycles. The van der Waals surface area contributed by atoms with E-state index in [0.29, 0.717) is 5.15 Å². The van der Waals surface area contributed by atoms with Gasteiger partial charge in [0.05, 0.1) is 6.20 Å². The van der Waals surface area contributed by atoms with E-state index in [4.69, 9.17) is 11.6 Å². The molecule has 2 heterocycles. The van der Waals surface area contributed by atoms with E-state index in [9.17, 15) is 0 Å². The highest BCUT2D eigenvalue weighted by Gasteiger charge is 2.04.